The van der Waals surface area contributed by atoms with Crippen molar-refractivity contribution in [1.82, 2.24) is 9.47 Å². The van der Waals surface area contributed by atoms with Gasteiger partial charge < -0.3 is 14.6 Å². The van der Waals surface area contributed by atoms with Gasteiger partial charge in [0.1, 0.15) is 5.56 Å². The summed E-state index contributed by atoms with van der Waals surface area (Å²) in [6, 6.07) is 3.08. The molecule has 1 fully saturated rings. The lowest BCUT2D eigenvalue weighted by molar-refractivity contribution is 0.0694. The molecular weight excluding hydrogens is 244 g/mol. The van der Waals surface area contributed by atoms with Gasteiger partial charge >= 0.3 is 5.97 Å². The van der Waals surface area contributed by atoms with Crippen LogP contribution in [0.1, 0.15) is 35.3 Å². The van der Waals surface area contributed by atoms with Gasteiger partial charge in [0.25, 0.3) is 5.56 Å². The fourth-order valence-corrected chi connectivity index (χ4v) is 2.54. The fourth-order valence-electron chi connectivity index (χ4n) is 2.54. The van der Waals surface area contributed by atoms with Crippen molar-refractivity contribution in [3.05, 3.63) is 33.7 Å². The van der Waals surface area contributed by atoms with Crippen molar-refractivity contribution in [3.63, 3.8) is 0 Å². The third-order valence-corrected chi connectivity index (χ3v) is 3.71. The predicted molar refractivity (Wildman–Crippen MR) is 72.7 cm³/mol. The van der Waals surface area contributed by atoms with E-state index in [2.05, 4.69) is 4.90 Å². The van der Waals surface area contributed by atoms with Gasteiger partial charge in [0, 0.05) is 18.8 Å². The number of hydrogen-bond acceptors (Lipinski definition) is 3. The number of hydrogen-bond donors (Lipinski definition) is 1. The van der Waals surface area contributed by atoms with Crippen molar-refractivity contribution in [3.8, 4) is 0 Å². The van der Waals surface area contributed by atoms with Crippen LogP contribution in [0.3, 0.4) is 0 Å². The van der Waals surface area contributed by atoms with Crippen LogP contribution in [0.25, 0.3) is 0 Å². The standard InChI is InChI=1S/C14H20N2O3/c1-11-5-6-12(14(18)19)13(17)16(11)10-9-15-7-3-2-4-8-15/h5-6H,2-4,7-10H2,1H3,(H,18,19). The van der Waals surface area contributed by atoms with Crippen LogP contribution in [-0.4, -0.2) is 40.2 Å². The van der Waals surface area contributed by atoms with E-state index in [0.29, 0.717) is 6.54 Å². The van der Waals surface area contributed by atoms with Crippen molar-refractivity contribution in [2.75, 3.05) is 19.6 Å². The number of aromatic nitrogens is 1. The van der Waals surface area contributed by atoms with Crippen LogP contribution < -0.4 is 5.56 Å². The Balaban J connectivity index is 2.12. The minimum absolute atomic E-state index is 0.149. The predicted octanol–water partition coefficient (Wildman–Crippen LogP) is 1.34. The Hall–Kier alpha value is -1.62. The zero-order valence-electron chi connectivity index (χ0n) is 11.3. The lowest BCUT2D eigenvalue weighted by atomic mass is 10.1. The van der Waals surface area contributed by atoms with Gasteiger partial charge in [0.2, 0.25) is 0 Å². The van der Waals surface area contributed by atoms with Crippen molar-refractivity contribution in [2.24, 2.45) is 0 Å². The van der Waals surface area contributed by atoms with Crippen molar-refractivity contribution in [1.29, 1.82) is 0 Å². The Bertz CT molecular complexity index is 516. The summed E-state index contributed by atoms with van der Waals surface area (Å²) in [6.45, 7) is 5.36. The molecule has 0 aliphatic carbocycles. The maximum absolute atomic E-state index is 12.1. The Kier molecular flexibility index (Phi) is 4.37. The van der Waals surface area contributed by atoms with Crippen LogP contribution in [0.2, 0.25) is 0 Å². The zero-order valence-corrected chi connectivity index (χ0v) is 11.3. The van der Waals surface area contributed by atoms with E-state index in [1.165, 1.54) is 25.3 Å². The summed E-state index contributed by atoms with van der Waals surface area (Å²) in [5.74, 6) is -1.16. The number of carboxylic acid groups (broad SMARTS) is 1. The number of nitrogens with zero attached hydrogens (tertiary/aromatic N) is 2. The molecule has 2 heterocycles. The lowest BCUT2D eigenvalue weighted by Gasteiger charge is -2.26. The van der Waals surface area contributed by atoms with Crippen molar-refractivity contribution in [2.45, 2.75) is 32.7 Å². The maximum Gasteiger partial charge on any atom is 0.341 e. The third kappa shape index (κ3) is 3.23. The van der Waals surface area contributed by atoms with E-state index < -0.39 is 11.5 Å². The van der Waals surface area contributed by atoms with Gasteiger partial charge in [0.15, 0.2) is 0 Å². The van der Waals surface area contributed by atoms with Crippen LogP contribution in [0.5, 0.6) is 0 Å². The molecule has 19 heavy (non-hydrogen) atoms. The summed E-state index contributed by atoms with van der Waals surface area (Å²) in [4.78, 5) is 25.4. The number of carboxylic acids is 1. The molecule has 1 aromatic heterocycles. The summed E-state index contributed by atoms with van der Waals surface area (Å²) in [5, 5.41) is 8.97. The van der Waals surface area contributed by atoms with Gasteiger partial charge in [-0.25, -0.2) is 4.79 Å². The van der Waals surface area contributed by atoms with E-state index in [9.17, 15) is 9.59 Å². The van der Waals surface area contributed by atoms with Gasteiger partial charge in [0.05, 0.1) is 0 Å². The van der Waals surface area contributed by atoms with Crippen molar-refractivity contribution < 1.29 is 9.90 Å². The molecule has 0 bridgehead atoms. The third-order valence-electron chi connectivity index (χ3n) is 3.71. The highest BCUT2D eigenvalue weighted by atomic mass is 16.4. The van der Waals surface area contributed by atoms with Crippen LogP contribution >= 0.6 is 0 Å². The number of piperidine rings is 1. The molecule has 104 valence electrons. The lowest BCUT2D eigenvalue weighted by Crippen LogP contribution is -2.36. The molecule has 5 nitrogen and oxygen atoms in total. The molecule has 0 spiro atoms. The second-order valence-corrected chi connectivity index (χ2v) is 5.05. The highest BCUT2D eigenvalue weighted by Crippen LogP contribution is 2.08. The minimum atomic E-state index is -1.16. The van der Waals surface area contributed by atoms with E-state index >= 15 is 0 Å². The first kappa shape index (κ1) is 13.8. The highest BCUT2D eigenvalue weighted by molar-refractivity contribution is 5.87. The monoisotopic (exact) mass is 264 g/mol. The second-order valence-electron chi connectivity index (χ2n) is 5.05. The van der Waals surface area contributed by atoms with Gasteiger partial charge in [-0.3, -0.25) is 4.79 Å². The average molecular weight is 264 g/mol. The molecule has 0 saturated carbocycles. The van der Waals surface area contributed by atoms with Crippen LogP contribution in [0.4, 0.5) is 0 Å². The van der Waals surface area contributed by atoms with E-state index in [4.69, 9.17) is 5.11 Å². The van der Waals surface area contributed by atoms with Crippen LogP contribution in [-0.2, 0) is 6.54 Å². The largest absolute Gasteiger partial charge is 0.477 e. The fraction of sp³-hybridized carbons (Fsp3) is 0.571. The van der Waals surface area contributed by atoms with Gasteiger partial charge in [-0.2, -0.15) is 0 Å². The van der Waals surface area contributed by atoms with E-state index in [1.807, 2.05) is 6.92 Å². The molecule has 1 aliphatic rings. The maximum atomic E-state index is 12.1. The SMILES string of the molecule is Cc1ccc(C(=O)O)c(=O)n1CCN1CCCCC1. The number of pyridine rings is 1. The normalized spacial score (nSPS) is 16.5. The quantitative estimate of drug-likeness (QED) is 0.891. The molecular formula is C14H20N2O3. The number of likely N-dealkylation sites (tertiary alicyclic amines) is 1. The summed E-state index contributed by atoms with van der Waals surface area (Å²) < 4.78 is 1.57. The smallest absolute Gasteiger partial charge is 0.341 e. The Morgan fingerprint density at radius 2 is 1.89 bits per heavy atom. The number of carbonyl (C=O) groups is 1. The molecule has 0 unspecified atom stereocenters. The number of rotatable bonds is 4. The molecule has 1 saturated heterocycles. The first-order valence-corrected chi connectivity index (χ1v) is 6.75. The van der Waals surface area contributed by atoms with E-state index in [0.717, 1.165) is 25.3 Å². The molecule has 0 amide bonds. The first-order valence-electron chi connectivity index (χ1n) is 6.75. The summed E-state index contributed by atoms with van der Waals surface area (Å²) in [7, 11) is 0. The Morgan fingerprint density at radius 3 is 2.53 bits per heavy atom. The summed E-state index contributed by atoms with van der Waals surface area (Å²) in [6.07, 6.45) is 3.70. The highest BCUT2D eigenvalue weighted by Gasteiger charge is 2.14. The number of aromatic carboxylic acids is 1. The Morgan fingerprint density at radius 1 is 1.21 bits per heavy atom. The molecule has 1 aliphatic heterocycles. The number of aryl methyl sites for hydroxylation is 1. The average Bonchev–Trinajstić information content (AvgIpc) is 2.39. The van der Waals surface area contributed by atoms with Gasteiger partial charge in [-0.15, -0.1) is 0 Å². The van der Waals surface area contributed by atoms with Crippen molar-refractivity contribution >= 4 is 5.97 Å². The summed E-state index contributed by atoms with van der Waals surface area (Å²) >= 11 is 0. The molecule has 0 atom stereocenters. The zero-order chi connectivity index (χ0) is 13.8. The second kappa shape index (κ2) is 6.02. The van der Waals surface area contributed by atoms with Crippen LogP contribution in [0, 0.1) is 6.92 Å². The molecule has 0 radical (unpaired) electrons. The minimum Gasteiger partial charge on any atom is -0.477 e. The van der Waals surface area contributed by atoms with E-state index in [-0.39, 0.29) is 5.56 Å². The molecule has 1 N–H and O–H groups in total. The molecule has 2 rings (SSSR count). The molecule has 0 aromatic carbocycles. The summed E-state index contributed by atoms with van der Waals surface area (Å²) in [5.41, 5.74) is 0.265. The molecule has 5 heteroatoms. The topological polar surface area (TPSA) is 62.5 Å². The van der Waals surface area contributed by atoms with Crippen LogP contribution in [0.15, 0.2) is 16.9 Å². The molecule has 1 aromatic rings. The first-order chi connectivity index (χ1) is 9.09. The van der Waals surface area contributed by atoms with E-state index in [1.54, 1.807) is 10.6 Å². The Labute approximate surface area is 112 Å². The van der Waals surface area contributed by atoms with Gasteiger partial charge in [-0.1, -0.05) is 6.42 Å². The van der Waals surface area contributed by atoms with Gasteiger partial charge in [-0.05, 0) is 45.0 Å².